The van der Waals surface area contributed by atoms with Gasteiger partial charge in [0.15, 0.2) is 0 Å². The Morgan fingerprint density at radius 3 is 2.32 bits per heavy atom. The standard InChI is InChI=1S/C26H33N3O2/c1-19-2-11-25(14-27-19)31-18-22-12-13-28(17-22)24-9-7-23(8-10-24)26(30)29-15-20-3-4-21(16-29)6-5-20/h2,7-11,14,20-22H,3-6,12-13,15-18H2,1H3. The number of anilines is 1. The minimum Gasteiger partial charge on any atom is -0.492 e. The van der Waals surface area contributed by atoms with Gasteiger partial charge in [0.25, 0.3) is 5.91 Å². The predicted molar refractivity (Wildman–Crippen MR) is 123 cm³/mol. The lowest BCUT2D eigenvalue weighted by molar-refractivity contribution is 0.0739. The van der Waals surface area contributed by atoms with Crippen molar-refractivity contribution in [3.63, 3.8) is 0 Å². The number of aromatic nitrogens is 1. The maximum absolute atomic E-state index is 13.1. The Morgan fingerprint density at radius 2 is 1.68 bits per heavy atom. The van der Waals surface area contributed by atoms with E-state index in [4.69, 9.17) is 4.74 Å². The molecular formula is C26H33N3O2. The molecule has 1 unspecified atom stereocenters. The van der Waals surface area contributed by atoms with E-state index in [0.29, 0.717) is 17.8 Å². The van der Waals surface area contributed by atoms with E-state index in [2.05, 4.69) is 26.9 Å². The van der Waals surface area contributed by atoms with Crippen LogP contribution < -0.4 is 9.64 Å². The van der Waals surface area contributed by atoms with Crippen LogP contribution in [-0.4, -0.2) is 48.6 Å². The summed E-state index contributed by atoms with van der Waals surface area (Å²) < 4.78 is 5.94. The first-order valence-electron chi connectivity index (χ1n) is 11.8. The highest BCUT2D eigenvalue weighted by molar-refractivity contribution is 5.94. The molecule has 5 heteroatoms. The van der Waals surface area contributed by atoms with Gasteiger partial charge in [-0.3, -0.25) is 9.78 Å². The van der Waals surface area contributed by atoms with Crippen LogP contribution in [0, 0.1) is 24.7 Å². The SMILES string of the molecule is Cc1ccc(OCC2CCN(c3ccc(C(=O)N4CC5CCC(CC5)C4)cc3)C2)cn1. The van der Waals surface area contributed by atoms with Crippen LogP contribution >= 0.6 is 0 Å². The van der Waals surface area contributed by atoms with Gasteiger partial charge in [0.05, 0.1) is 12.8 Å². The highest BCUT2D eigenvalue weighted by Gasteiger charge is 2.32. The van der Waals surface area contributed by atoms with E-state index in [1.807, 2.05) is 31.2 Å². The number of hydrogen-bond donors (Lipinski definition) is 0. The fourth-order valence-electron chi connectivity index (χ4n) is 5.41. The van der Waals surface area contributed by atoms with Crippen molar-refractivity contribution in [3.05, 3.63) is 53.9 Å². The second-order valence-corrected chi connectivity index (χ2v) is 9.69. The number of nitrogens with zero attached hydrogens (tertiary/aromatic N) is 3. The third-order valence-corrected chi connectivity index (χ3v) is 7.35. The molecule has 2 bridgehead atoms. The van der Waals surface area contributed by atoms with Crippen LogP contribution in [0.15, 0.2) is 42.6 Å². The molecule has 1 saturated carbocycles. The number of benzene rings is 1. The molecule has 1 aliphatic carbocycles. The van der Waals surface area contributed by atoms with E-state index in [9.17, 15) is 4.79 Å². The van der Waals surface area contributed by atoms with E-state index in [0.717, 1.165) is 56.2 Å². The Morgan fingerprint density at radius 1 is 0.968 bits per heavy atom. The van der Waals surface area contributed by atoms with Crippen LogP contribution in [0.1, 0.15) is 48.2 Å². The molecule has 164 valence electrons. The average Bonchev–Trinajstić information content (AvgIpc) is 3.07. The number of aryl methyl sites for hydroxylation is 1. The Balaban J connectivity index is 1.16. The Kier molecular flexibility index (Phi) is 5.84. The molecule has 4 heterocycles. The molecule has 0 N–H and O–H groups in total. The number of fused-ring (bicyclic) bond motifs is 4. The zero-order valence-corrected chi connectivity index (χ0v) is 18.5. The number of ether oxygens (including phenoxy) is 1. The van der Waals surface area contributed by atoms with E-state index < -0.39 is 0 Å². The topological polar surface area (TPSA) is 45.7 Å². The maximum atomic E-state index is 13.1. The molecule has 0 radical (unpaired) electrons. The Labute approximate surface area is 185 Å². The summed E-state index contributed by atoms with van der Waals surface area (Å²) in [6.45, 7) is 6.61. The second-order valence-electron chi connectivity index (χ2n) is 9.69. The lowest BCUT2D eigenvalue weighted by Gasteiger charge is -2.23. The molecule has 1 aromatic heterocycles. The first-order chi connectivity index (χ1) is 15.1. The number of carbonyl (C=O) groups is 1. The molecule has 1 aromatic carbocycles. The van der Waals surface area contributed by atoms with Gasteiger partial charge in [0.2, 0.25) is 0 Å². The quantitative estimate of drug-likeness (QED) is 0.713. The monoisotopic (exact) mass is 419 g/mol. The van der Waals surface area contributed by atoms with Gasteiger partial charge < -0.3 is 14.5 Å². The summed E-state index contributed by atoms with van der Waals surface area (Å²) in [5.74, 6) is 2.98. The number of pyridine rings is 1. The molecule has 0 spiro atoms. The Hall–Kier alpha value is -2.56. The van der Waals surface area contributed by atoms with E-state index in [1.165, 1.54) is 31.4 Å². The van der Waals surface area contributed by atoms with Crippen molar-refractivity contribution in [2.75, 3.05) is 37.7 Å². The summed E-state index contributed by atoms with van der Waals surface area (Å²) in [7, 11) is 0. The van der Waals surface area contributed by atoms with Gasteiger partial charge in [0, 0.05) is 49.0 Å². The van der Waals surface area contributed by atoms with Crippen molar-refractivity contribution in [3.8, 4) is 5.75 Å². The van der Waals surface area contributed by atoms with Crippen molar-refractivity contribution in [1.82, 2.24) is 9.88 Å². The molecular weight excluding hydrogens is 386 g/mol. The van der Waals surface area contributed by atoms with Crippen LogP contribution in [0.5, 0.6) is 5.75 Å². The summed E-state index contributed by atoms with van der Waals surface area (Å²) in [6, 6.07) is 12.2. The van der Waals surface area contributed by atoms with Crippen molar-refractivity contribution in [1.29, 1.82) is 0 Å². The van der Waals surface area contributed by atoms with Crippen LogP contribution in [0.2, 0.25) is 0 Å². The highest BCUT2D eigenvalue weighted by atomic mass is 16.5. The van der Waals surface area contributed by atoms with Gasteiger partial charge >= 0.3 is 0 Å². The number of hydrogen-bond acceptors (Lipinski definition) is 4. The lowest BCUT2D eigenvalue weighted by atomic mass is 9.84. The van der Waals surface area contributed by atoms with Crippen molar-refractivity contribution in [2.24, 2.45) is 17.8 Å². The number of carbonyl (C=O) groups excluding carboxylic acids is 1. The molecule has 5 nitrogen and oxygen atoms in total. The molecule has 4 aliphatic rings. The number of rotatable bonds is 5. The lowest BCUT2D eigenvalue weighted by Crippen LogP contribution is -2.34. The molecule has 3 aliphatic heterocycles. The second kappa shape index (κ2) is 8.89. The van der Waals surface area contributed by atoms with E-state index in [1.54, 1.807) is 6.20 Å². The van der Waals surface area contributed by atoms with Gasteiger partial charge in [-0.05, 0) is 87.3 Å². The largest absolute Gasteiger partial charge is 0.492 e. The van der Waals surface area contributed by atoms with Crippen LogP contribution in [0.25, 0.3) is 0 Å². The van der Waals surface area contributed by atoms with Gasteiger partial charge in [0.1, 0.15) is 5.75 Å². The summed E-state index contributed by atoms with van der Waals surface area (Å²) >= 11 is 0. The maximum Gasteiger partial charge on any atom is 0.253 e. The van der Waals surface area contributed by atoms with Crippen LogP contribution in [-0.2, 0) is 0 Å². The zero-order valence-electron chi connectivity index (χ0n) is 18.5. The third kappa shape index (κ3) is 4.70. The molecule has 1 amide bonds. The molecule has 6 rings (SSSR count). The molecule has 2 aromatic rings. The highest BCUT2D eigenvalue weighted by Crippen LogP contribution is 2.34. The molecule has 1 atom stereocenters. The van der Waals surface area contributed by atoms with E-state index >= 15 is 0 Å². The first-order valence-corrected chi connectivity index (χ1v) is 11.8. The van der Waals surface area contributed by atoms with E-state index in [-0.39, 0.29) is 5.91 Å². The fraction of sp³-hybridized carbons (Fsp3) is 0.538. The zero-order chi connectivity index (χ0) is 21.2. The van der Waals surface area contributed by atoms with Gasteiger partial charge in [-0.2, -0.15) is 0 Å². The first kappa shape index (κ1) is 20.3. The van der Waals surface area contributed by atoms with Gasteiger partial charge in [-0.1, -0.05) is 0 Å². The summed E-state index contributed by atoms with van der Waals surface area (Å²) in [4.78, 5) is 21.9. The normalized spacial score (nSPS) is 25.5. The summed E-state index contributed by atoms with van der Waals surface area (Å²) in [6.07, 6.45) is 8.12. The minimum atomic E-state index is 0.213. The third-order valence-electron chi connectivity index (χ3n) is 7.35. The Bertz CT molecular complexity index is 874. The molecule has 4 fully saturated rings. The fourth-order valence-corrected chi connectivity index (χ4v) is 5.41. The molecule has 31 heavy (non-hydrogen) atoms. The van der Waals surface area contributed by atoms with Gasteiger partial charge in [-0.25, -0.2) is 0 Å². The molecule has 3 saturated heterocycles. The summed E-state index contributed by atoms with van der Waals surface area (Å²) in [5, 5.41) is 0. The number of amides is 1. The average molecular weight is 420 g/mol. The van der Waals surface area contributed by atoms with Crippen LogP contribution in [0.4, 0.5) is 5.69 Å². The van der Waals surface area contributed by atoms with Crippen molar-refractivity contribution >= 4 is 11.6 Å². The van der Waals surface area contributed by atoms with Gasteiger partial charge in [-0.15, -0.1) is 0 Å². The van der Waals surface area contributed by atoms with Crippen molar-refractivity contribution in [2.45, 2.75) is 39.0 Å². The predicted octanol–water partition coefficient (Wildman–Crippen LogP) is 4.56. The summed E-state index contributed by atoms with van der Waals surface area (Å²) in [5.41, 5.74) is 3.03. The van der Waals surface area contributed by atoms with Crippen LogP contribution in [0.3, 0.4) is 0 Å². The van der Waals surface area contributed by atoms with Crippen molar-refractivity contribution < 1.29 is 9.53 Å². The smallest absolute Gasteiger partial charge is 0.253 e. The minimum absolute atomic E-state index is 0.213.